The molecule has 1 heterocycles. The topological polar surface area (TPSA) is 35.5 Å². The Labute approximate surface area is 91.5 Å². The lowest BCUT2D eigenvalue weighted by Crippen LogP contribution is -2.44. The third kappa shape index (κ3) is 3.42. The fraction of sp³-hybridized carbons (Fsp3) is 0.900. The van der Waals surface area contributed by atoms with Crippen LogP contribution in [0.1, 0.15) is 26.2 Å². The number of aliphatic hydroxyl groups is 1. The van der Waals surface area contributed by atoms with Crippen LogP contribution in [0.5, 0.6) is 0 Å². The molecule has 1 fully saturated rings. The van der Waals surface area contributed by atoms with E-state index in [1.54, 1.807) is 0 Å². The quantitative estimate of drug-likeness (QED) is 0.689. The molecule has 1 saturated heterocycles. The van der Waals surface area contributed by atoms with Crippen molar-refractivity contribution in [3.8, 4) is 0 Å². The van der Waals surface area contributed by atoms with E-state index in [9.17, 15) is 0 Å². The molecule has 0 spiro atoms. The molecule has 82 valence electrons. The molecule has 0 atom stereocenters. The number of hydrogen-bond acceptors (Lipinski definition) is 2. The number of rotatable bonds is 3. The predicted octanol–water partition coefficient (Wildman–Crippen LogP) is 0.975. The summed E-state index contributed by atoms with van der Waals surface area (Å²) in [6.45, 7) is 5.36. The molecule has 0 aromatic carbocycles. The van der Waals surface area contributed by atoms with E-state index in [-0.39, 0.29) is 0 Å². The summed E-state index contributed by atoms with van der Waals surface area (Å²) in [5.41, 5.74) is 0. The fourth-order valence-electron chi connectivity index (χ4n) is 1.87. The Morgan fingerprint density at radius 2 is 2.14 bits per heavy atom. The fourth-order valence-corrected chi connectivity index (χ4v) is 2.20. The van der Waals surface area contributed by atoms with Crippen molar-refractivity contribution in [1.82, 2.24) is 10.2 Å². The van der Waals surface area contributed by atoms with E-state index in [1.165, 1.54) is 0 Å². The Kier molecular flexibility index (Phi) is 5.19. The number of hydrogen-bond donors (Lipinski definition) is 2. The van der Waals surface area contributed by atoms with E-state index in [1.807, 2.05) is 0 Å². The Morgan fingerprint density at radius 3 is 2.64 bits per heavy atom. The van der Waals surface area contributed by atoms with E-state index >= 15 is 0 Å². The van der Waals surface area contributed by atoms with E-state index in [0.717, 1.165) is 44.0 Å². The average Bonchev–Trinajstić information content (AvgIpc) is 2.20. The number of aliphatic hydroxyl groups excluding tert-OH is 1. The summed E-state index contributed by atoms with van der Waals surface area (Å²) in [5, 5.41) is 12.9. The lowest BCUT2D eigenvalue weighted by molar-refractivity contribution is 0.203. The monoisotopic (exact) mass is 216 g/mol. The first kappa shape index (κ1) is 11.7. The first-order valence-electron chi connectivity index (χ1n) is 5.41. The Balaban J connectivity index is 2.24. The minimum Gasteiger partial charge on any atom is -0.396 e. The van der Waals surface area contributed by atoms with Crippen LogP contribution >= 0.6 is 12.2 Å². The van der Waals surface area contributed by atoms with E-state index in [2.05, 4.69) is 17.1 Å². The maximum absolute atomic E-state index is 8.83. The van der Waals surface area contributed by atoms with Crippen LogP contribution in [0, 0.1) is 5.92 Å². The zero-order valence-electron chi connectivity index (χ0n) is 8.83. The second-order valence-electron chi connectivity index (χ2n) is 3.78. The van der Waals surface area contributed by atoms with Gasteiger partial charge in [-0.1, -0.05) is 0 Å². The smallest absolute Gasteiger partial charge is 0.168 e. The molecule has 1 aliphatic heterocycles. The molecule has 0 aromatic rings. The molecule has 4 heteroatoms. The second-order valence-corrected chi connectivity index (χ2v) is 4.16. The molecule has 0 radical (unpaired) electrons. The van der Waals surface area contributed by atoms with Gasteiger partial charge in [0.25, 0.3) is 0 Å². The lowest BCUT2D eigenvalue weighted by Gasteiger charge is -2.33. The minimum atomic E-state index is 0.322. The minimum absolute atomic E-state index is 0.322. The van der Waals surface area contributed by atoms with Crippen molar-refractivity contribution in [2.45, 2.75) is 26.2 Å². The van der Waals surface area contributed by atoms with Crippen LogP contribution in [-0.4, -0.2) is 41.4 Å². The molecule has 0 amide bonds. The van der Waals surface area contributed by atoms with Gasteiger partial charge in [0.2, 0.25) is 0 Å². The van der Waals surface area contributed by atoms with Crippen LogP contribution < -0.4 is 5.32 Å². The van der Waals surface area contributed by atoms with Crippen LogP contribution in [0.15, 0.2) is 0 Å². The number of piperidine rings is 1. The van der Waals surface area contributed by atoms with Crippen molar-refractivity contribution in [1.29, 1.82) is 0 Å². The Bertz CT molecular complexity index is 179. The molecule has 0 bridgehead atoms. The van der Waals surface area contributed by atoms with Crippen LogP contribution in [0.25, 0.3) is 0 Å². The summed E-state index contributed by atoms with van der Waals surface area (Å²) >= 11 is 5.24. The molecule has 0 aromatic heterocycles. The van der Waals surface area contributed by atoms with Gasteiger partial charge in [-0.05, 0) is 44.3 Å². The molecular weight excluding hydrogens is 196 g/mol. The average molecular weight is 216 g/mol. The lowest BCUT2D eigenvalue weighted by atomic mass is 9.94. The van der Waals surface area contributed by atoms with Gasteiger partial charge < -0.3 is 15.3 Å². The van der Waals surface area contributed by atoms with Crippen LogP contribution in [0.4, 0.5) is 0 Å². The highest BCUT2D eigenvalue weighted by atomic mass is 32.1. The number of likely N-dealkylation sites (tertiary alicyclic amines) is 1. The van der Waals surface area contributed by atoms with Crippen LogP contribution in [0.2, 0.25) is 0 Å². The van der Waals surface area contributed by atoms with Gasteiger partial charge in [-0.2, -0.15) is 0 Å². The summed E-state index contributed by atoms with van der Waals surface area (Å²) in [6, 6.07) is 0. The molecule has 0 saturated carbocycles. The molecular formula is C10H20N2OS. The van der Waals surface area contributed by atoms with Gasteiger partial charge in [0.15, 0.2) is 5.11 Å². The van der Waals surface area contributed by atoms with E-state index in [4.69, 9.17) is 17.3 Å². The van der Waals surface area contributed by atoms with Crippen molar-refractivity contribution in [3.63, 3.8) is 0 Å². The van der Waals surface area contributed by atoms with Gasteiger partial charge in [-0.15, -0.1) is 0 Å². The molecule has 1 aliphatic rings. The molecule has 3 nitrogen and oxygen atoms in total. The Morgan fingerprint density at radius 1 is 1.50 bits per heavy atom. The molecule has 14 heavy (non-hydrogen) atoms. The van der Waals surface area contributed by atoms with Gasteiger partial charge in [-0.3, -0.25) is 0 Å². The first-order chi connectivity index (χ1) is 6.77. The van der Waals surface area contributed by atoms with Gasteiger partial charge in [0.05, 0.1) is 0 Å². The maximum atomic E-state index is 8.83. The zero-order valence-corrected chi connectivity index (χ0v) is 9.65. The molecule has 0 unspecified atom stereocenters. The third-order valence-electron chi connectivity index (χ3n) is 2.77. The van der Waals surface area contributed by atoms with Crippen molar-refractivity contribution in [2.75, 3.05) is 26.2 Å². The standard InChI is InChI=1S/C10H20N2OS/c1-2-11-10(14)12-6-3-9(4-7-12)5-8-13/h9,13H,2-8H2,1H3,(H,11,14). The maximum Gasteiger partial charge on any atom is 0.168 e. The highest BCUT2D eigenvalue weighted by molar-refractivity contribution is 7.80. The summed E-state index contributed by atoms with van der Waals surface area (Å²) in [5.74, 6) is 0.695. The van der Waals surface area contributed by atoms with Crippen molar-refractivity contribution >= 4 is 17.3 Å². The van der Waals surface area contributed by atoms with Crippen molar-refractivity contribution in [3.05, 3.63) is 0 Å². The largest absolute Gasteiger partial charge is 0.396 e. The summed E-state index contributed by atoms with van der Waals surface area (Å²) in [4.78, 5) is 2.23. The zero-order chi connectivity index (χ0) is 10.4. The summed E-state index contributed by atoms with van der Waals surface area (Å²) < 4.78 is 0. The summed E-state index contributed by atoms with van der Waals surface area (Å²) in [7, 11) is 0. The molecule has 1 rings (SSSR count). The predicted molar refractivity (Wildman–Crippen MR) is 62.3 cm³/mol. The highest BCUT2D eigenvalue weighted by Gasteiger charge is 2.19. The van der Waals surface area contributed by atoms with E-state index in [0.29, 0.717) is 12.5 Å². The normalized spacial score (nSPS) is 18.3. The summed E-state index contributed by atoms with van der Waals surface area (Å²) in [6.07, 6.45) is 3.26. The SMILES string of the molecule is CCNC(=S)N1CCC(CCO)CC1. The molecule has 0 aliphatic carbocycles. The van der Waals surface area contributed by atoms with Gasteiger partial charge in [0, 0.05) is 26.2 Å². The van der Waals surface area contributed by atoms with Crippen LogP contribution in [-0.2, 0) is 0 Å². The number of nitrogens with zero attached hydrogens (tertiary/aromatic N) is 1. The first-order valence-corrected chi connectivity index (χ1v) is 5.82. The van der Waals surface area contributed by atoms with Gasteiger partial charge in [-0.25, -0.2) is 0 Å². The van der Waals surface area contributed by atoms with Crippen molar-refractivity contribution < 1.29 is 5.11 Å². The van der Waals surface area contributed by atoms with Gasteiger partial charge >= 0.3 is 0 Å². The van der Waals surface area contributed by atoms with E-state index < -0.39 is 0 Å². The number of nitrogens with one attached hydrogen (secondary N) is 1. The Hall–Kier alpha value is -0.350. The van der Waals surface area contributed by atoms with Gasteiger partial charge in [0.1, 0.15) is 0 Å². The second kappa shape index (κ2) is 6.19. The highest BCUT2D eigenvalue weighted by Crippen LogP contribution is 2.19. The third-order valence-corrected chi connectivity index (χ3v) is 3.17. The number of thiocarbonyl (C=S) groups is 1. The van der Waals surface area contributed by atoms with Crippen LogP contribution in [0.3, 0.4) is 0 Å². The van der Waals surface area contributed by atoms with Crippen molar-refractivity contribution in [2.24, 2.45) is 5.92 Å². The molecule has 2 N–H and O–H groups in total.